The quantitative estimate of drug-likeness (QED) is 0.872. The van der Waals surface area contributed by atoms with Crippen molar-refractivity contribution in [3.63, 3.8) is 0 Å². The van der Waals surface area contributed by atoms with E-state index in [0.717, 1.165) is 6.07 Å². The van der Waals surface area contributed by atoms with Gasteiger partial charge < -0.3 is 10.6 Å². The van der Waals surface area contributed by atoms with Crippen LogP contribution in [0.1, 0.15) is 12.0 Å². The molecule has 2 aromatic rings. The average molecular weight is 348 g/mol. The maximum absolute atomic E-state index is 12.5. The fourth-order valence-corrected chi connectivity index (χ4v) is 1.94. The summed E-state index contributed by atoms with van der Waals surface area (Å²) in [5.74, 6) is 0.215. The van der Waals surface area contributed by atoms with Gasteiger partial charge in [0.25, 0.3) is 0 Å². The molecule has 6 nitrogen and oxygen atoms in total. The van der Waals surface area contributed by atoms with Crippen LogP contribution in [0.2, 0.25) is 5.02 Å². The van der Waals surface area contributed by atoms with Crippen molar-refractivity contribution in [1.82, 2.24) is 14.8 Å². The molecule has 0 saturated carbocycles. The minimum atomic E-state index is -4.50. The summed E-state index contributed by atoms with van der Waals surface area (Å²) < 4.78 is 39.0. The lowest BCUT2D eigenvalue weighted by Gasteiger charge is -2.10. The van der Waals surface area contributed by atoms with Crippen LogP contribution in [0.15, 0.2) is 24.5 Å². The molecule has 23 heavy (non-hydrogen) atoms. The number of hydrogen-bond acceptors (Lipinski definition) is 4. The zero-order valence-electron chi connectivity index (χ0n) is 12.0. The molecule has 0 fully saturated rings. The number of aromatic nitrogens is 3. The highest BCUT2D eigenvalue weighted by Crippen LogP contribution is 2.32. The predicted octanol–water partition coefficient (Wildman–Crippen LogP) is 2.93. The molecule has 0 saturated heterocycles. The van der Waals surface area contributed by atoms with Crippen molar-refractivity contribution in [2.45, 2.75) is 12.6 Å². The van der Waals surface area contributed by atoms with Gasteiger partial charge in [0.05, 0.1) is 10.6 Å². The molecule has 0 radical (unpaired) electrons. The molecular formula is C13H13ClF3N5O. The van der Waals surface area contributed by atoms with Crippen LogP contribution in [0.5, 0.6) is 0 Å². The Kier molecular flexibility index (Phi) is 5.09. The Hall–Kier alpha value is -2.29. The number of aryl methyl sites for hydroxylation is 1. The average Bonchev–Trinajstić information content (AvgIpc) is 2.84. The Morgan fingerprint density at radius 3 is 2.74 bits per heavy atom. The number of rotatable bonds is 5. The number of anilines is 2. The van der Waals surface area contributed by atoms with Crippen LogP contribution in [-0.4, -0.2) is 27.2 Å². The summed E-state index contributed by atoms with van der Waals surface area (Å²) in [6.07, 6.45) is -2.06. The fraction of sp³-hybridized carbons (Fsp3) is 0.308. The third kappa shape index (κ3) is 4.85. The van der Waals surface area contributed by atoms with Crippen LogP contribution < -0.4 is 10.6 Å². The molecule has 0 bridgehead atoms. The molecule has 1 amide bonds. The van der Waals surface area contributed by atoms with Crippen LogP contribution in [-0.2, 0) is 18.0 Å². The molecule has 0 aliphatic heterocycles. The van der Waals surface area contributed by atoms with Gasteiger partial charge in [0.15, 0.2) is 5.82 Å². The molecule has 2 heterocycles. The van der Waals surface area contributed by atoms with E-state index in [1.54, 1.807) is 24.0 Å². The molecule has 2 aromatic heterocycles. The first-order valence-corrected chi connectivity index (χ1v) is 6.89. The van der Waals surface area contributed by atoms with E-state index in [9.17, 15) is 18.0 Å². The summed E-state index contributed by atoms with van der Waals surface area (Å²) in [6, 6.07) is 2.42. The first-order valence-electron chi connectivity index (χ1n) is 6.52. The molecule has 0 atom stereocenters. The van der Waals surface area contributed by atoms with Gasteiger partial charge in [-0.25, -0.2) is 4.98 Å². The van der Waals surface area contributed by atoms with Crippen molar-refractivity contribution >= 4 is 29.1 Å². The second-order valence-corrected chi connectivity index (χ2v) is 5.06. The minimum Gasteiger partial charge on any atom is -0.368 e. The Morgan fingerprint density at radius 1 is 1.43 bits per heavy atom. The van der Waals surface area contributed by atoms with E-state index in [0.29, 0.717) is 12.0 Å². The molecule has 0 spiro atoms. The number of halogens is 4. The van der Waals surface area contributed by atoms with Crippen molar-refractivity contribution < 1.29 is 18.0 Å². The number of nitrogens with zero attached hydrogens (tertiary/aromatic N) is 3. The summed E-state index contributed by atoms with van der Waals surface area (Å²) in [5, 5.41) is 9.12. The van der Waals surface area contributed by atoms with Gasteiger partial charge in [0, 0.05) is 38.5 Å². The van der Waals surface area contributed by atoms with Gasteiger partial charge in [-0.3, -0.25) is 9.48 Å². The van der Waals surface area contributed by atoms with Gasteiger partial charge in [-0.1, -0.05) is 11.6 Å². The Balaban J connectivity index is 1.85. The number of alkyl halides is 3. The molecule has 2 N–H and O–H groups in total. The van der Waals surface area contributed by atoms with E-state index >= 15 is 0 Å². The zero-order chi connectivity index (χ0) is 17.0. The van der Waals surface area contributed by atoms with Crippen molar-refractivity contribution in [1.29, 1.82) is 0 Å². The fourth-order valence-electron chi connectivity index (χ4n) is 1.70. The van der Waals surface area contributed by atoms with E-state index in [2.05, 4.69) is 20.7 Å². The summed E-state index contributed by atoms with van der Waals surface area (Å²) >= 11 is 5.74. The minimum absolute atomic E-state index is 0.0790. The van der Waals surface area contributed by atoms with Crippen molar-refractivity contribution in [3.05, 3.63) is 35.1 Å². The van der Waals surface area contributed by atoms with Gasteiger partial charge >= 0.3 is 6.18 Å². The SMILES string of the molecule is Cn1ccc(NC(=O)CCNc2ncc(C(F)(F)F)cc2Cl)n1. The summed E-state index contributed by atoms with van der Waals surface area (Å²) in [4.78, 5) is 15.3. The van der Waals surface area contributed by atoms with E-state index < -0.39 is 11.7 Å². The number of pyridine rings is 1. The molecule has 2 rings (SSSR count). The van der Waals surface area contributed by atoms with Crippen molar-refractivity contribution in [2.75, 3.05) is 17.2 Å². The van der Waals surface area contributed by atoms with Gasteiger partial charge in [-0.15, -0.1) is 0 Å². The molecule has 124 valence electrons. The van der Waals surface area contributed by atoms with Crippen LogP contribution in [0.4, 0.5) is 24.8 Å². The smallest absolute Gasteiger partial charge is 0.368 e. The lowest BCUT2D eigenvalue weighted by molar-refractivity contribution is -0.137. The lowest BCUT2D eigenvalue weighted by atomic mass is 10.2. The van der Waals surface area contributed by atoms with Gasteiger partial charge in [-0.2, -0.15) is 18.3 Å². The first kappa shape index (κ1) is 17.1. The second kappa shape index (κ2) is 6.86. The number of hydrogen-bond donors (Lipinski definition) is 2. The highest BCUT2D eigenvalue weighted by atomic mass is 35.5. The summed E-state index contributed by atoms with van der Waals surface area (Å²) in [6.45, 7) is 0.163. The number of amides is 1. The number of carbonyl (C=O) groups is 1. The normalized spacial score (nSPS) is 11.3. The van der Waals surface area contributed by atoms with E-state index in [4.69, 9.17) is 11.6 Å². The summed E-state index contributed by atoms with van der Waals surface area (Å²) in [7, 11) is 1.72. The molecule has 0 unspecified atom stereocenters. The zero-order valence-corrected chi connectivity index (χ0v) is 12.7. The Bertz CT molecular complexity index is 701. The largest absolute Gasteiger partial charge is 0.417 e. The molecule has 10 heteroatoms. The molecule has 0 aliphatic carbocycles. The van der Waals surface area contributed by atoms with E-state index in [1.807, 2.05) is 0 Å². The van der Waals surface area contributed by atoms with Crippen LogP contribution in [0, 0.1) is 0 Å². The van der Waals surface area contributed by atoms with E-state index in [-0.39, 0.29) is 29.7 Å². The third-order valence-corrected chi connectivity index (χ3v) is 3.08. The van der Waals surface area contributed by atoms with Gasteiger partial charge in [-0.05, 0) is 6.07 Å². The van der Waals surface area contributed by atoms with E-state index in [1.165, 1.54) is 0 Å². The maximum atomic E-state index is 12.5. The highest BCUT2D eigenvalue weighted by molar-refractivity contribution is 6.32. The standard InChI is InChI=1S/C13H13ClF3N5O/c1-22-5-3-10(21-22)20-11(23)2-4-18-12-9(14)6-8(7-19-12)13(15,16)17/h3,5-7H,2,4H2,1H3,(H,18,19)(H,20,21,23). The number of carbonyl (C=O) groups excluding carboxylic acids is 1. The van der Waals surface area contributed by atoms with Gasteiger partial charge in [0.2, 0.25) is 5.91 Å². The van der Waals surface area contributed by atoms with Crippen LogP contribution in [0.3, 0.4) is 0 Å². The monoisotopic (exact) mass is 347 g/mol. The van der Waals surface area contributed by atoms with Crippen LogP contribution >= 0.6 is 11.6 Å². The first-order chi connectivity index (χ1) is 10.8. The lowest BCUT2D eigenvalue weighted by Crippen LogP contribution is -2.17. The number of nitrogens with one attached hydrogen (secondary N) is 2. The predicted molar refractivity (Wildman–Crippen MR) is 79.2 cm³/mol. The summed E-state index contributed by atoms with van der Waals surface area (Å²) in [5.41, 5.74) is -0.930. The second-order valence-electron chi connectivity index (χ2n) is 4.65. The highest BCUT2D eigenvalue weighted by Gasteiger charge is 2.31. The Morgan fingerprint density at radius 2 is 2.17 bits per heavy atom. The molecular weight excluding hydrogens is 335 g/mol. The van der Waals surface area contributed by atoms with Crippen LogP contribution in [0.25, 0.3) is 0 Å². The molecule has 0 aliphatic rings. The maximum Gasteiger partial charge on any atom is 0.417 e. The Labute approximate surface area is 134 Å². The topological polar surface area (TPSA) is 71.8 Å². The van der Waals surface area contributed by atoms with Crippen molar-refractivity contribution in [2.24, 2.45) is 7.05 Å². The third-order valence-electron chi connectivity index (χ3n) is 2.79. The van der Waals surface area contributed by atoms with Crippen molar-refractivity contribution in [3.8, 4) is 0 Å². The van der Waals surface area contributed by atoms with Gasteiger partial charge in [0.1, 0.15) is 5.82 Å². The molecule has 0 aromatic carbocycles.